The van der Waals surface area contributed by atoms with Gasteiger partial charge >= 0.3 is 0 Å². The molecule has 3 aromatic rings. The van der Waals surface area contributed by atoms with E-state index >= 15 is 0 Å². The Balaban J connectivity index is 1.66. The lowest BCUT2D eigenvalue weighted by atomic mass is 10.1. The van der Waals surface area contributed by atoms with Crippen LogP contribution in [0.4, 0.5) is 11.4 Å². The smallest absolute Gasteiger partial charge is 0.243 e. The van der Waals surface area contributed by atoms with Gasteiger partial charge in [-0.1, -0.05) is 61.6 Å². The molecule has 0 aliphatic heterocycles. The van der Waals surface area contributed by atoms with Gasteiger partial charge in [-0.2, -0.15) is 0 Å². The van der Waals surface area contributed by atoms with E-state index in [-0.39, 0.29) is 23.2 Å². The van der Waals surface area contributed by atoms with E-state index in [2.05, 4.69) is 10.6 Å². The van der Waals surface area contributed by atoms with Crippen molar-refractivity contribution in [1.29, 1.82) is 5.41 Å². The fourth-order valence-electron chi connectivity index (χ4n) is 3.39. The van der Waals surface area contributed by atoms with Gasteiger partial charge in [-0.25, -0.2) is 13.6 Å². The lowest BCUT2D eigenvalue weighted by molar-refractivity contribution is -0.114. The number of thiocarbonyl (C=S) groups is 1. The van der Waals surface area contributed by atoms with Crippen molar-refractivity contribution < 1.29 is 13.2 Å². The molecular formula is C25H27N5O3S2. The fraction of sp³-hybridized carbons (Fsp3) is 0.160. The molecule has 35 heavy (non-hydrogen) atoms. The second-order valence-corrected chi connectivity index (χ2v) is 9.87. The van der Waals surface area contributed by atoms with E-state index in [0.29, 0.717) is 33.8 Å². The number of primary sulfonamides is 1. The molecule has 5 N–H and O–H groups in total. The topological polar surface area (TPSA) is 128 Å². The van der Waals surface area contributed by atoms with Crippen LogP contribution in [0.2, 0.25) is 0 Å². The van der Waals surface area contributed by atoms with Gasteiger partial charge < -0.3 is 15.5 Å². The number of amidine groups is 1. The van der Waals surface area contributed by atoms with Gasteiger partial charge in [-0.3, -0.25) is 10.2 Å². The number of amides is 1. The Morgan fingerprint density at radius 2 is 1.74 bits per heavy atom. The number of hydrogen-bond donors (Lipinski definition) is 4. The number of anilines is 2. The number of benzene rings is 3. The molecular weight excluding hydrogens is 482 g/mol. The normalized spacial score (nSPS) is 10.9. The standard InChI is InChI=1S/C25H27N5O3S2/c1-3-24(34)29-25(26)18-7-6-8-20(15-18)30(2)16-23(31)28-19-13-11-17(12-14-19)21-9-4-5-10-22(21)35(27,32)33/h4-15H,3,16H2,1-2H3,(H,28,31)(H2,26,29,34)(H2,27,32,33). The number of hydrogen-bond acceptors (Lipinski definition) is 6. The van der Waals surface area contributed by atoms with Gasteiger partial charge in [0.05, 0.1) is 16.4 Å². The monoisotopic (exact) mass is 509 g/mol. The molecule has 0 aliphatic rings. The molecule has 8 nitrogen and oxygen atoms in total. The second-order valence-electron chi connectivity index (χ2n) is 7.85. The Hall–Kier alpha value is -3.60. The molecule has 3 rings (SSSR count). The zero-order valence-corrected chi connectivity index (χ0v) is 21.0. The van der Waals surface area contributed by atoms with Gasteiger partial charge in [-0.05, 0) is 42.3 Å². The highest BCUT2D eigenvalue weighted by molar-refractivity contribution is 7.89. The Kier molecular flexibility index (Phi) is 8.34. The van der Waals surface area contributed by atoms with Crippen LogP contribution in [0.5, 0.6) is 0 Å². The van der Waals surface area contributed by atoms with E-state index in [0.717, 1.165) is 5.69 Å². The first-order chi connectivity index (χ1) is 16.6. The van der Waals surface area contributed by atoms with Crippen LogP contribution in [0.1, 0.15) is 18.9 Å². The number of likely N-dealkylation sites (N-methyl/N-ethyl adjacent to an activating group) is 1. The van der Waals surface area contributed by atoms with Crippen molar-refractivity contribution in [1.82, 2.24) is 5.32 Å². The summed E-state index contributed by atoms with van der Waals surface area (Å²) in [6.45, 7) is 2.01. The van der Waals surface area contributed by atoms with Crippen LogP contribution in [0.25, 0.3) is 11.1 Å². The van der Waals surface area contributed by atoms with Crippen LogP contribution in [0.3, 0.4) is 0 Å². The molecule has 0 heterocycles. The fourth-order valence-corrected chi connectivity index (χ4v) is 4.26. The lowest BCUT2D eigenvalue weighted by Gasteiger charge is -2.20. The SMILES string of the molecule is CCC(=S)NC(=N)c1cccc(N(C)CC(=O)Nc2ccc(-c3ccccc3S(N)(=O)=O)cc2)c1. The number of nitrogens with one attached hydrogen (secondary N) is 3. The summed E-state index contributed by atoms with van der Waals surface area (Å²) in [5.41, 5.74) is 3.18. The van der Waals surface area contributed by atoms with Crippen molar-refractivity contribution in [2.24, 2.45) is 5.14 Å². The third-order valence-corrected chi connectivity index (χ3v) is 6.57. The summed E-state index contributed by atoms with van der Waals surface area (Å²) in [6.07, 6.45) is 0.650. The molecule has 0 aliphatic carbocycles. The summed E-state index contributed by atoms with van der Waals surface area (Å²) in [5.74, 6) is -0.0170. The van der Waals surface area contributed by atoms with E-state index < -0.39 is 10.0 Å². The minimum Gasteiger partial charge on any atom is -0.365 e. The zero-order valence-electron chi connectivity index (χ0n) is 19.4. The molecule has 3 aromatic carbocycles. The molecule has 10 heteroatoms. The van der Waals surface area contributed by atoms with Crippen molar-refractivity contribution in [2.75, 3.05) is 23.8 Å². The summed E-state index contributed by atoms with van der Waals surface area (Å²) in [5, 5.41) is 19.2. The molecule has 0 fully saturated rings. The quantitative estimate of drug-likeness (QED) is 0.208. The molecule has 0 bridgehead atoms. The molecule has 182 valence electrons. The van der Waals surface area contributed by atoms with Crippen LogP contribution < -0.4 is 20.7 Å². The highest BCUT2D eigenvalue weighted by Gasteiger charge is 2.15. The number of nitrogens with zero attached hydrogens (tertiary/aromatic N) is 1. The van der Waals surface area contributed by atoms with Gasteiger partial charge in [-0.15, -0.1) is 0 Å². The van der Waals surface area contributed by atoms with Crippen molar-refractivity contribution in [2.45, 2.75) is 18.2 Å². The van der Waals surface area contributed by atoms with Gasteiger partial charge in [0.25, 0.3) is 0 Å². The Morgan fingerprint density at radius 1 is 1.06 bits per heavy atom. The molecule has 1 amide bonds. The van der Waals surface area contributed by atoms with Crippen LogP contribution in [0, 0.1) is 5.41 Å². The Morgan fingerprint density at radius 3 is 2.40 bits per heavy atom. The largest absolute Gasteiger partial charge is 0.365 e. The predicted molar refractivity (Wildman–Crippen MR) is 144 cm³/mol. The minimum atomic E-state index is -3.87. The molecule has 0 unspecified atom stereocenters. The summed E-state index contributed by atoms with van der Waals surface area (Å²) in [7, 11) is -2.07. The number of nitrogens with two attached hydrogens (primary N) is 1. The first kappa shape index (κ1) is 26.0. The van der Waals surface area contributed by atoms with E-state index in [1.54, 1.807) is 60.5 Å². The summed E-state index contributed by atoms with van der Waals surface area (Å²) in [4.78, 5) is 15.0. The predicted octanol–water partition coefficient (Wildman–Crippen LogP) is 3.73. The molecule has 0 aromatic heterocycles. The Bertz CT molecular complexity index is 1360. The van der Waals surface area contributed by atoms with Crippen molar-refractivity contribution >= 4 is 50.3 Å². The average Bonchev–Trinajstić information content (AvgIpc) is 2.83. The van der Waals surface area contributed by atoms with Crippen molar-refractivity contribution in [3.8, 4) is 11.1 Å². The molecule has 0 saturated heterocycles. The minimum absolute atomic E-state index is 0.0421. The first-order valence-electron chi connectivity index (χ1n) is 10.8. The van der Waals surface area contributed by atoms with Gasteiger partial charge in [0.15, 0.2) is 0 Å². The van der Waals surface area contributed by atoms with Crippen LogP contribution >= 0.6 is 12.2 Å². The van der Waals surface area contributed by atoms with Crippen LogP contribution in [-0.4, -0.2) is 38.7 Å². The number of carbonyl (C=O) groups excluding carboxylic acids is 1. The second kappa shape index (κ2) is 11.2. The first-order valence-corrected chi connectivity index (χ1v) is 12.8. The van der Waals surface area contributed by atoms with Crippen molar-refractivity contribution in [3.05, 3.63) is 78.4 Å². The summed E-state index contributed by atoms with van der Waals surface area (Å²) in [6, 6.07) is 20.7. The third-order valence-electron chi connectivity index (χ3n) is 5.22. The van der Waals surface area contributed by atoms with Gasteiger partial charge in [0.1, 0.15) is 5.84 Å². The molecule has 0 saturated carbocycles. The zero-order chi connectivity index (χ0) is 25.6. The highest BCUT2D eigenvalue weighted by Crippen LogP contribution is 2.27. The average molecular weight is 510 g/mol. The van der Waals surface area contributed by atoms with Crippen LogP contribution in [0.15, 0.2) is 77.7 Å². The molecule has 0 radical (unpaired) electrons. The van der Waals surface area contributed by atoms with E-state index in [1.165, 1.54) is 6.07 Å². The number of sulfonamides is 1. The van der Waals surface area contributed by atoms with E-state index in [1.807, 2.05) is 25.1 Å². The number of carbonyl (C=O) groups is 1. The summed E-state index contributed by atoms with van der Waals surface area (Å²) >= 11 is 5.15. The molecule has 0 atom stereocenters. The highest BCUT2D eigenvalue weighted by atomic mass is 32.2. The maximum absolute atomic E-state index is 12.6. The maximum Gasteiger partial charge on any atom is 0.243 e. The Labute approximate surface area is 210 Å². The molecule has 0 spiro atoms. The van der Waals surface area contributed by atoms with E-state index in [9.17, 15) is 13.2 Å². The van der Waals surface area contributed by atoms with Gasteiger partial charge in [0, 0.05) is 29.5 Å². The van der Waals surface area contributed by atoms with Crippen molar-refractivity contribution in [3.63, 3.8) is 0 Å². The lowest BCUT2D eigenvalue weighted by Crippen LogP contribution is -2.31. The van der Waals surface area contributed by atoms with Gasteiger partial charge in [0.2, 0.25) is 15.9 Å². The maximum atomic E-state index is 12.6. The number of rotatable bonds is 8. The van der Waals surface area contributed by atoms with E-state index in [4.69, 9.17) is 22.8 Å². The summed E-state index contributed by atoms with van der Waals surface area (Å²) < 4.78 is 23.7. The third kappa shape index (κ3) is 6.95. The van der Waals surface area contributed by atoms with Crippen LogP contribution in [-0.2, 0) is 14.8 Å².